The van der Waals surface area contributed by atoms with Gasteiger partial charge in [0.05, 0.1) is 0 Å². The number of benzene rings is 1. The molecule has 1 amide bonds. The lowest BCUT2D eigenvalue weighted by Crippen LogP contribution is -2.25. The van der Waals surface area contributed by atoms with E-state index in [4.69, 9.17) is 0 Å². The van der Waals surface area contributed by atoms with Crippen molar-refractivity contribution < 1.29 is 4.79 Å². The second-order valence-corrected chi connectivity index (χ2v) is 5.13. The zero-order valence-corrected chi connectivity index (χ0v) is 10.5. The van der Waals surface area contributed by atoms with Gasteiger partial charge in [0.25, 0.3) is 5.91 Å². The zero-order chi connectivity index (χ0) is 12.4. The first-order valence-electron chi connectivity index (χ1n) is 5.90. The first kappa shape index (κ1) is 11.2. The lowest BCUT2D eigenvalue weighted by molar-refractivity contribution is 0.0947. The van der Waals surface area contributed by atoms with Crippen molar-refractivity contribution in [2.75, 3.05) is 5.32 Å². The highest BCUT2D eigenvalue weighted by atomic mass is 32.1. The number of carbonyl (C=O) groups excluding carboxylic acids is 1. The van der Waals surface area contributed by atoms with Crippen molar-refractivity contribution in [3.05, 3.63) is 41.4 Å². The number of para-hydroxylation sites is 1. The lowest BCUT2D eigenvalue weighted by atomic mass is 10.3. The molecule has 92 valence electrons. The molecule has 5 heteroatoms. The largest absolute Gasteiger partial charge is 0.348 e. The summed E-state index contributed by atoms with van der Waals surface area (Å²) < 4.78 is 0. The van der Waals surface area contributed by atoms with Crippen LogP contribution in [0.15, 0.2) is 35.7 Å². The molecule has 1 aliphatic carbocycles. The average molecular weight is 259 g/mol. The van der Waals surface area contributed by atoms with Crippen LogP contribution in [0.3, 0.4) is 0 Å². The fourth-order valence-corrected chi connectivity index (χ4v) is 2.28. The van der Waals surface area contributed by atoms with Crippen LogP contribution in [0.2, 0.25) is 0 Å². The van der Waals surface area contributed by atoms with E-state index in [1.807, 2.05) is 30.3 Å². The Balaban J connectivity index is 1.67. The monoisotopic (exact) mass is 259 g/mol. The number of aromatic nitrogens is 1. The summed E-state index contributed by atoms with van der Waals surface area (Å²) in [5.74, 6) is -0.0742. The molecular weight excluding hydrogens is 246 g/mol. The maximum Gasteiger partial charge on any atom is 0.271 e. The van der Waals surface area contributed by atoms with Gasteiger partial charge >= 0.3 is 0 Å². The molecule has 1 fully saturated rings. The molecule has 2 N–H and O–H groups in total. The van der Waals surface area contributed by atoms with Crippen LogP contribution < -0.4 is 10.6 Å². The standard InChI is InChI=1S/C13H13N3OS/c17-12(14-10-6-7-10)11-8-18-13(16-11)15-9-4-2-1-3-5-9/h1-5,8,10H,6-7H2,(H,14,17)(H,15,16). The van der Waals surface area contributed by atoms with E-state index in [1.54, 1.807) is 5.38 Å². The predicted molar refractivity (Wildman–Crippen MR) is 72.3 cm³/mol. The Bertz CT molecular complexity index is 548. The highest BCUT2D eigenvalue weighted by Crippen LogP contribution is 2.22. The highest BCUT2D eigenvalue weighted by molar-refractivity contribution is 7.14. The number of anilines is 2. The van der Waals surface area contributed by atoms with Crippen LogP contribution in [0, 0.1) is 0 Å². The number of carbonyl (C=O) groups is 1. The maximum atomic E-state index is 11.8. The quantitative estimate of drug-likeness (QED) is 0.887. The molecule has 4 nitrogen and oxygen atoms in total. The molecule has 0 bridgehead atoms. The van der Waals surface area contributed by atoms with E-state index in [0.29, 0.717) is 11.7 Å². The summed E-state index contributed by atoms with van der Waals surface area (Å²) in [6, 6.07) is 10.2. The van der Waals surface area contributed by atoms with Crippen molar-refractivity contribution in [2.45, 2.75) is 18.9 Å². The molecule has 1 aliphatic rings. The van der Waals surface area contributed by atoms with Crippen LogP contribution in [0.4, 0.5) is 10.8 Å². The van der Waals surface area contributed by atoms with E-state index in [0.717, 1.165) is 23.7 Å². The summed E-state index contributed by atoms with van der Waals surface area (Å²) in [4.78, 5) is 16.0. The fourth-order valence-electron chi connectivity index (χ4n) is 1.57. The van der Waals surface area contributed by atoms with Gasteiger partial charge in [-0.25, -0.2) is 4.98 Å². The fraction of sp³-hybridized carbons (Fsp3) is 0.231. The Hall–Kier alpha value is -1.88. The van der Waals surface area contributed by atoms with Gasteiger partial charge in [0.2, 0.25) is 0 Å². The first-order valence-corrected chi connectivity index (χ1v) is 6.78. The van der Waals surface area contributed by atoms with Crippen molar-refractivity contribution in [2.24, 2.45) is 0 Å². The summed E-state index contributed by atoms with van der Waals surface area (Å²) in [5, 5.41) is 8.62. The summed E-state index contributed by atoms with van der Waals surface area (Å²) in [6.07, 6.45) is 2.18. The Kier molecular flexibility index (Phi) is 2.98. The minimum absolute atomic E-state index is 0.0742. The van der Waals surface area contributed by atoms with Gasteiger partial charge in [-0.15, -0.1) is 11.3 Å². The number of nitrogens with zero attached hydrogens (tertiary/aromatic N) is 1. The van der Waals surface area contributed by atoms with Gasteiger partial charge in [-0.05, 0) is 25.0 Å². The number of thiazole rings is 1. The topological polar surface area (TPSA) is 54.0 Å². The van der Waals surface area contributed by atoms with Crippen LogP contribution in [0.1, 0.15) is 23.3 Å². The van der Waals surface area contributed by atoms with Crippen LogP contribution in [0.25, 0.3) is 0 Å². The van der Waals surface area contributed by atoms with Crippen molar-refractivity contribution in [1.29, 1.82) is 0 Å². The smallest absolute Gasteiger partial charge is 0.271 e. The second-order valence-electron chi connectivity index (χ2n) is 4.28. The van der Waals surface area contributed by atoms with E-state index in [2.05, 4.69) is 15.6 Å². The molecule has 3 rings (SSSR count). The third-order valence-electron chi connectivity index (χ3n) is 2.67. The molecule has 1 heterocycles. The van der Waals surface area contributed by atoms with Crippen LogP contribution >= 0.6 is 11.3 Å². The average Bonchev–Trinajstić information content (AvgIpc) is 3.07. The second kappa shape index (κ2) is 4.78. The van der Waals surface area contributed by atoms with Crippen molar-refractivity contribution in [1.82, 2.24) is 10.3 Å². The molecule has 1 saturated carbocycles. The first-order chi connectivity index (χ1) is 8.81. The Labute approximate surface area is 109 Å². The molecular formula is C13H13N3OS. The Morgan fingerprint density at radius 3 is 2.78 bits per heavy atom. The highest BCUT2D eigenvalue weighted by Gasteiger charge is 2.24. The van der Waals surface area contributed by atoms with Crippen LogP contribution in [-0.4, -0.2) is 16.9 Å². The van der Waals surface area contributed by atoms with Gasteiger partial charge in [-0.3, -0.25) is 4.79 Å². The molecule has 0 unspecified atom stereocenters. The van der Waals surface area contributed by atoms with E-state index in [9.17, 15) is 4.79 Å². The summed E-state index contributed by atoms with van der Waals surface area (Å²) in [7, 11) is 0. The minimum atomic E-state index is -0.0742. The van der Waals surface area contributed by atoms with Crippen LogP contribution in [-0.2, 0) is 0 Å². The number of nitrogens with one attached hydrogen (secondary N) is 2. The van der Waals surface area contributed by atoms with E-state index in [1.165, 1.54) is 11.3 Å². The molecule has 18 heavy (non-hydrogen) atoms. The lowest BCUT2D eigenvalue weighted by Gasteiger charge is -2.01. The molecule has 1 aromatic carbocycles. The minimum Gasteiger partial charge on any atom is -0.348 e. The molecule has 1 aromatic heterocycles. The number of hydrogen-bond donors (Lipinski definition) is 2. The van der Waals surface area contributed by atoms with Gasteiger partial charge in [-0.2, -0.15) is 0 Å². The van der Waals surface area contributed by atoms with Gasteiger partial charge in [-0.1, -0.05) is 18.2 Å². The summed E-state index contributed by atoms with van der Waals surface area (Å²) >= 11 is 1.44. The van der Waals surface area contributed by atoms with E-state index >= 15 is 0 Å². The summed E-state index contributed by atoms with van der Waals surface area (Å²) in [5.41, 5.74) is 1.46. The SMILES string of the molecule is O=C(NC1CC1)c1csc(Nc2ccccc2)n1. The van der Waals surface area contributed by atoms with Gasteiger partial charge in [0.1, 0.15) is 5.69 Å². The zero-order valence-electron chi connectivity index (χ0n) is 9.72. The van der Waals surface area contributed by atoms with Crippen molar-refractivity contribution >= 4 is 28.1 Å². The molecule has 2 aromatic rings. The van der Waals surface area contributed by atoms with Crippen molar-refractivity contribution in [3.8, 4) is 0 Å². The molecule has 0 radical (unpaired) electrons. The van der Waals surface area contributed by atoms with Gasteiger partial charge < -0.3 is 10.6 Å². The van der Waals surface area contributed by atoms with E-state index in [-0.39, 0.29) is 5.91 Å². The summed E-state index contributed by atoms with van der Waals surface area (Å²) in [6.45, 7) is 0. The molecule has 0 spiro atoms. The third-order valence-corrected chi connectivity index (χ3v) is 3.43. The predicted octanol–water partition coefficient (Wildman–Crippen LogP) is 2.78. The maximum absolute atomic E-state index is 11.8. The van der Waals surface area contributed by atoms with Gasteiger partial charge in [0.15, 0.2) is 5.13 Å². The normalized spacial score (nSPS) is 14.2. The third kappa shape index (κ3) is 2.68. The van der Waals surface area contributed by atoms with Crippen LogP contribution in [0.5, 0.6) is 0 Å². The molecule has 0 atom stereocenters. The van der Waals surface area contributed by atoms with E-state index < -0.39 is 0 Å². The Morgan fingerprint density at radius 1 is 1.28 bits per heavy atom. The molecule has 0 saturated heterocycles. The van der Waals surface area contributed by atoms with Crippen molar-refractivity contribution in [3.63, 3.8) is 0 Å². The van der Waals surface area contributed by atoms with Gasteiger partial charge in [0, 0.05) is 17.1 Å². The molecule has 0 aliphatic heterocycles. The number of rotatable bonds is 4. The number of amides is 1. The number of hydrogen-bond acceptors (Lipinski definition) is 4. The Morgan fingerprint density at radius 2 is 2.06 bits per heavy atom.